The van der Waals surface area contributed by atoms with Gasteiger partial charge in [0.05, 0.1) is 0 Å². The predicted molar refractivity (Wildman–Crippen MR) is 87.5 cm³/mol. The van der Waals surface area contributed by atoms with Crippen molar-refractivity contribution in [3.8, 4) is 0 Å². The molecule has 0 aliphatic carbocycles. The molecule has 1 aromatic carbocycles. The van der Waals surface area contributed by atoms with E-state index in [0.717, 1.165) is 28.8 Å². The molecule has 0 spiro atoms. The van der Waals surface area contributed by atoms with Crippen LogP contribution in [-0.2, 0) is 6.42 Å². The lowest BCUT2D eigenvalue weighted by molar-refractivity contribution is 0.567. The molecule has 1 aromatic rings. The molecule has 0 aromatic heterocycles. The third-order valence-corrected chi connectivity index (χ3v) is 4.87. The highest BCUT2D eigenvalue weighted by molar-refractivity contribution is 9.10. The first kappa shape index (κ1) is 17.0. The van der Waals surface area contributed by atoms with Crippen molar-refractivity contribution in [2.45, 2.75) is 44.9 Å². The lowest BCUT2D eigenvalue weighted by atomic mass is 10.1. The van der Waals surface area contributed by atoms with Crippen LogP contribution in [0.25, 0.3) is 0 Å². The van der Waals surface area contributed by atoms with Gasteiger partial charge >= 0.3 is 0 Å². The normalized spacial score (nSPS) is 13.6. The monoisotopic (exact) mass is 347 g/mol. The van der Waals surface area contributed by atoms with Crippen LogP contribution >= 0.6 is 27.7 Å². The van der Waals surface area contributed by atoms with E-state index in [-0.39, 0.29) is 10.6 Å². The summed E-state index contributed by atoms with van der Waals surface area (Å²) in [6.07, 6.45) is 0.914. The van der Waals surface area contributed by atoms with Crippen molar-refractivity contribution >= 4 is 27.7 Å². The lowest BCUT2D eigenvalue weighted by Crippen LogP contribution is -2.34. The maximum Gasteiger partial charge on any atom is 0.124 e. The van der Waals surface area contributed by atoms with E-state index in [2.05, 4.69) is 48.9 Å². The Bertz CT molecular complexity index is 404. The molecule has 0 aliphatic heterocycles. The summed E-state index contributed by atoms with van der Waals surface area (Å²) < 4.78 is 14.2. The average Bonchev–Trinajstić information content (AvgIpc) is 2.28. The number of likely N-dealkylation sites (N-methyl/N-ethyl adjacent to an activating group) is 1. The lowest BCUT2D eigenvalue weighted by Gasteiger charge is -2.24. The van der Waals surface area contributed by atoms with Gasteiger partial charge in [0, 0.05) is 21.0 Å². The molecule has 0 amide bonds. The molecule has 0 aliphatic rings. The number of nitrogens with one attached hydrogen (secondary N) is 1. The Morgan fingerprint density at radius 2 is 2.05 bits per heavy atom. The van der Waals surface area contributed by atoms with Gasteiger partial charge in [0.25, 0.3) is 0 Å². The molecule has 0 bridgehead atoms. The Labute approximate surface area is 128 Å². The van der Waals surface area contributed by atoms with Crippen molar-refractivity contribution in [2.75, 3.05) is 12.3 Å². The van der Waals surface area contributed by atoms with Crippen molar-refractivity contribution in [1.29, 1.82) is 0 Å². The summed E-state index contributed by atoms with van der Waals surface area (Å²) in [5.41, 5.74) is 1.15. The molecule has 0 fully saturated rings. The quantitative estimate of drug-likeness (QED) is 0.804. The van der Waals surface area contributed by atoms with E-state index in [1.54, 1.807) is 0 Å². The van der Waals surface area contributed by atoms with Gasteiger partial charge in [-0.2, -0.15) is 11.8 Å². The van der Waals surface area contributed by atoms with Crippen molar-refractivity contribution in [1.82, 2.24) is 5.32 Å². The smallest absolute Gasteiger partial charge is 0.124 e. The Morgan fingerprint density at radius 3 is 2.58 bits per heavy atom. The van der Waals surface area contributed by atoms with E-state index in [1.165, 1.54) is 12.1 Å². The standard InChI is InChI=1S/C15H23BrFNS/c1-5-18-13(10-19-15(2,3)4)8-11-6-7-12(17)9-14(11)16/h6-7,9,13,18H,5,8,10H2,1-4H3. The molecule has 0 saturated heterocycles. The van der Waals surface area contributed by atoms with E-state index in [0.29, 0.717) is 6.04 Å². The van der Waals surface area contributed by atoms with Crippen LogP contribution in [0.2, 0.25) is 0 Å². The molecule has 108 valence electrons. The Morgan fingerprint density at radius 1 is 1.37 bits per heavy atom. The summed E-state index contributed by atoms with van der Waals surface area (Å²) in [5.74, 6) is 0.862. The van der Waals surface area contributed by atoms with Crippen LogP contribution in [0.15, 0.2) is 22.7 Å². The van der Waals surface area contributed by atoms with E-state index >= 15 is 0 Å². The zero-order valence-electron chi connectivity index (χ0n) is 12.1. The first-order valence-electron chi connectivity index (χ1n) is 6.63. The number of hydrogen-bond acceptors (Lipinski definition) is 2. The second-order valence-corrected chi connectivity index (χ2v) is 8.32. The van der Waals surface area contributed by atoms with Crippen LogP contribution in [0.4, 0.5) is 4.39 Å². The maximum absolute atomic E-state index is 13.1. The highest BCUT2D eigenvalue weighted by Gasteiger charge is 2.16. The van der Waals surface area contributed by atoms with E-state index in [9.17, 15) is 4.39 Å². The van der Waals surface area contributed by atoms with Crippen LogP contribution in [0, 0.1) is 5.82 Å². The average molecular weight is 348 g/mol. The number of halogens is 2. The number of rotatable bonds is 6. The van der Waals surface area contributed by atoms with Crippen molar-refractivity contribution < 1.29 is 4.39 Å². The molecule has 0 radical (unpaired) electrons. The molecular formula is C15H23BrFNS. The van der Waals surface area contributed by atoms with E-state index in [4.69, 9.17) is 0 Å². The fourth-order valence-corrected chi connectivity index (χ4v) is 3.23. The number of benzene rings is 1. The highest BCUT2D eigenvalue weighted by Crippen LogP contribution is 2.26. The zero-order chi connectivity index (χ0) is 14.5. The summed E-state index contributed by atoms with van der Waals surface area (Å²) in [6.45, 7) is 9.76. The van der Waals surface area contributed by atoms with Crippen LogP contribution in [-0.4, -0.2) is 23.1 Å². The van der Waals surface area contributed by atoms with Gasteiger partial charge in [-0.1, -0.05) is 49.7 Å². The van der Waals surface area contributed by atoms with Gasteiger partial charge < -0.3 is 5.32 Å². The number of thioether (sulfide) groups is 1. The first-order chi connectivity index (χ1) is 8.81. The minimum Gasteiger partial charge on any atom is -0.313 e. The van der Waals surface area contributed by atoms with Crippen LogP contribution in [0.1, 0.15) is 33.3 Å². The van der Waals surface area contributed by atoms with Crippen LogP contribution in [0.3, 0.4) is 0 Å². The molecule has 1 rings (SSSR count). The van der Waals surface area contributed by atoms with Crippen LogP contribution in [0.5, 0.6) is 0 Å². The third kappa shape index (κ3) is 6.77. The molecule has 4 heteroatoms. The van der Waals surface area contributed by atoms with E-state index in [1.807, 2.05) is 17.8 Å². The van der Waals surface area contributed by atoms with Gasteiger partial charge in [-0.05, 0) is 30.7 Å². The van der Waals surface area contributed by atoms with Gasteiger partial charge in [-0.25, -0.2) is 4.39 Å². The van der Waals surface area contributed by atoms with Gasteiger partial charge in [-0.3, -0.25) is 0 Å². The van der Waals surface area contributed by atoms with Crippen LogP contribution < -0.4 is 5.32 Å². The molecular weight excluding hydrogens is 325 g/mol. The summed E-state index contributed by atoms with van der Waals surface area (Å²) in [4.78, 5) is 0. The van der Waals surface area contributed by atoms with Gasteiger partial charge in [0.2, 0.25) is 0 Å². The Balaban J connectivity index is 2.67. The zero-order valence-corrected chi connectivity index (χ0v) is 14.5. The van der Waals surface area contributed by atoms with Crippen molar-refractivity contribution in [3.05, 3.63) is 34.1 Å². The van der Waals surface area contributed by atoms with Crippen molar-refractivity contribution in [3.63, 3.8) is 0 Å². The largest absolute Gasteiger partial charge is 0.313 e. The van der Waals surface area contributed by atoms with E-state index < -0.39 is 0 Å². The fourth-order valence-electron chi connectivity index (χ4n) is 1.78. The summed E-state index contributed by atoms with van der Waals surface area (Å²) >= 11 is 5.40. The van der Waals surface area contributed by atoms with Gasteiger partial charge in [-0.15, -0.1) is 0 Å². The Kier molecular flexibility index (Phi) is 6.84. The van der Waals surface area contributed by atoms with Gasteiger partial charge in [0.1, 0.15) is 5.82 Å². The topological polar surface area (TPSA) is 12.0 Å². The maximum atomic E-state index is 13.1. The second kappa shape index (κ2) is 7.65. The molecule has 0 heterocycles. The minimum absolute atomic E-state index is 0.195. The Hall–Kier alpha value is -0.0600. The fraction of sp³-hybridized carbons (Fsp3) is 0.600. The summed E-state index contributed by atoms with van der Waals surface area (Å²) in [7, 11) is 0. The molecule has 1 unspecified atom stereocenters. The second-order valence-electron chi connectivity index (χ2n) is 5.62. The summed E-state index contributed by atoms with van der Waals surface area (Å²) in [6, 6.07) is 5.34. The predicted octanol–water partition coefficient (Wildman–Crippen LogP) is 4.64. The number of hydrogen-bond donors (Lipinski definition) is 1. The first-order valence-corrected chi connectivity index (χ1v) is 8.41. The highest BCUT2D eigenvalue weighted by atomic mass is 79.9. The molecule has 1 nitrogen and oxygen atoms in total. The van der Waals surface area contributed by atoms with Gasteiger partial charge in [0.15, 0.2) is 0 Å². The SMILES string of the molecule is CCNC(CSC(C)(C)C)Cc1ccc(F)cc1Br. The third-order valence-electron chi connectivity index (χ3n) is 2.69. The summed E-state index contributed by atoms with van der Waals surface area (Å²) in [5, 5.41) is 3.51. The minimum atomic E-state index is -0.195. The molecule has 1 N–H and O–H groups in total. The molecule has 19 heavy (non-hydrogen) atoms. The molecule has 0 saturated carbocycles. The molecule has 1 atom stereocenters. The van der Waals surface area contributed by atoms with Crippen molar-refractivity contribution in [2.24, 2.45) is 0 Å².